The monoisotopic (exact) mass is 426 g/mol. The topological polar surface area (TPSA) is 46.1 Å². The summed E-state index contributed by atoms with van der Waals surface area (Å²) in [6.45, 7) is 11.2. The van der Waals surface area contributed by atoms with Crippen LogP contribution in [0.25, 0.3) is 0 Å². The van der Waals surface area contributed by atoms with Crippen molar-refractivity contribution in [2.75, 3.05) is 6.54 Å². The highest BCUT2D eigenvalue weighted by atomic mass is 16.5. The normalized spacial score (nSPS) is 54.0. The number of aliphatic hydroxyl groups excluding tert-OH is 1. The molecule has 0 aromatic rings. The Kier molecular flexibility index (Phi) is 4.85. The molecule has 4 aliphatic carbocycles. The van der Waals surface area contributed by atoms with Gasteiger partial charge in [0.1, 0.15) is 12.1 Å². The molecule has 3 N–H and O–H groups in total. The molecule has 0 aromatic heterocycles. The largest absolute Gasteiger partial charge is 0.393 e. The van der Waals surface area contributed by atoms with Gasteiger partial charge in [-0.1, -0.05) is 43.6 Å². The fraction of sp³-hybridized carbons (Fsp3) is 0.857. The molecule has 3 heteroatoms. The van der Waals surface area contributed by atoms with Gasteiger partial charge in [-0.15, -0.1) is 0 Å². The molecule has 3 nitrogen and oxygen atoms in total. The van der Waals surface area contributed by atoms with Crippen LogP contribution in [0, 0.1) is 35.0 Å². The number of rotatable bonds is 0. The molecule has 0 amide bonds. The Morgan fingerprint density at radius 2 is 2.00 bits per heavy atom. The second-order valence-corrected chi connectivity index (χ2v) is 12.8. The lowest BCUT2D eigenvalue weighted by Gasteiger charge is -2.49. The van der Waals surface area contributed by atoms with Crippen LogP contribution >= 0.6 is 0 Å². The summed E-state index contributed by atoms with van der Waals surface area (Å²) in [6.07, 6.45) is 13.6. The second kappa shape index (κ2) is 7.18. The van der Waals surface area contributed by atoms with Gasteiger partial charge in [-0.3, -0.25) is 0 Å². The summed E-state index contributed by atoms with van der Waals surface area (Å²) in [7, 11) is 0. The number of quaternary nitrogens is 1. The molecule has 6 aliphatic rings. The van der Waals surface area contributed by atoms with Crippen molar-refractivity contribution in [2.45, 2.75) is 109 Å². The summed E-state index contributed by atoms with van der Waals surface area (Å²) < 4.78 is 7.04. The van der Waals surface area contributed by atoms with Gasteiger partial charge in [-0.2, -0.15) is 0 Å². The van der Waals surface area contributed by atoms with Crippen molar-refractivity contribution in [2.24, 2.45) is 35.0 Å². The highest BCUT2D eigenvalue weighted by Crippen LogP contribution is 2.63. The minimum atomic E-state index is -0.104. The lowest BCUT2D eigenvalue weighted by Crippen LogP contribution is -2.96. The second-order valence-electron chi connectivity index (χ2n) is 12.8. The summed E-state index contributed by atoms with van der Waals surface area (Å²) in [6, 6.07) is 0.674. The summed E-state index contributed by atoms with van der Waals surface area (Å²) in [5.74, 6) is 3.82. The maximum Gasteiger partial charge on any atom is 0.118 e. The number of hydrogen-bond acceptors (Lipinski definition) is 2. The Morgan fingerprint density at radius 3 is 2.84 bits per heavy atom. The van der Waals surface area contributed by atoms with Crippen LogP contribution in [0.1, 0.15) is 85.5 Å². The van der Waals surface area contributed by atoms with Crippen LogP contribution in [0.15, 0.2) is 22.8 Å². The van der Waals surface area contributed by atoms with Gasteiger partial charge >= 0.3 is 0 Å². The standard InChI is InChI=1S/C28H43NO2/c1-16-11-25-26(29-15-16)18(3)28(31-25)10-8-21-22-6-5-19-12-20(30)7-9-27(19,4)24(22)13-23(21)17(2)14-28/h5,16,18,20-22,24-26,29-30H,6-15H2,1-4H3/p+1/t16-,18+,20-,21-,22-,24-,25+,26-,27-,28-/m0/s1. The fourth-order valence-electron chi connectivity index (χ4n) is 9.36. The van der Waals surface area contributed by atoms with E-state index in [1.165, 1.54) is 51.5 Å². The third kappa shape index (κ3) is 3.02. The first kappa shape index (κ1) is 20.9. The fourth-order valence-corrected chi connectivity index (χ4v) is 9.36. The average Bonchev–Trinajstić information content (AvgIpc) is 3.19. The van der Waals surface area contributed by atoms with Crippen LogP contribution in [0.4, 0.5) is 0 Å². The number of fused-ring (bicyclic) bond motifs is 6. The summed E-state index contributed by atoms with van der Waals surface area (Å²) in [5.41, 5.74) is 5.49. The molecule has 2 heterocycles. The van der Waals surface area contributed by atoms with Gasteiger partial charge in [0.2, 0.25) is 0 Å². The maximum absolute atomic E-state index is 10.3. The van der Waals surface area contributed by atoms with E-state index in [1.807, 2.05) is 5.57 Å². The quantitative estimate of drug-likeness (QED) is 0.565. The van der Waals surface area contributed by atoms with Gasteiger partial charge in [0.25, 0.3) is 0 Å². The van der Waals surface area contributed by atoms with Crippen molar-refractivity contribution in [3.63, 3.8) is 0 Å². The zero-order valence-electron chi connectivity index (χ0n) is 20.2. The summed E-state index contributed by atoms with van der Waals surface area (Å²) in [4.78, 5) is 0. The predicted molar refractivity (Wildman–Crippen MR) is 123 cm³/mol. The average molecular weight is 427 g/mol. The summed E-state index contributed by atoms with van der Waals surface area (Å²) in [5, 5.41) is 12.9. The Balaban J connectivity index is 1.28. The number of ether oxygens (including phenoxy) is 1. The predicted octanol–water partition coefficient (Wildman–Crippen LogP) is 4.37. The minimum absolute atomic E-state index is 0.0847. The van der Waals surface area contributed by atoms with Crippen LogP contribution < -0.4 is 5.32 Å². The van der Waals surface area contributed by atoms with Gasteiger partial charge in [0, 0.05) is 11.8 Å². The molecular formula is C28H44NO2+. The first-order chi connectivity index (χ1) is 14.8. The maximum atomic E-state index is 10.3. The van der Waals surface area contributed by atoms with Crippen LogP contribution in [0.2, 0.25) is 0 Å². The highest BCUT2D eigenvalue weighted by Gasteiger charge is 2.59. The number of piperidine rings is 1. The Hall–Kier alpha value is -0.640. The van der Waals surface area contributed by atoms with E-state index in [1.54, 1.807) is 11.1 Å². The van der Waals surface area contributed by atoms with Crippen LogP contribution in [0.3, 0.4) is 0 Å². The Labute approximate surface area is 189 Å². The van der Waals surface area contributed by atoms with Crippen molar-refractivity contribution < 1.29 is 15.2 Å². The molecule has 0 aromatic carbocycles. The van der Waals surface area contributed by atoms with Crippen LogP contribution in [-0.2, 0) is 4.74 Å². The molecule has 31 heavy (non-hydrogen) atoms. The van der Waals surface area contributed by atoms with Gasteiger partial charge in [0.15, 0.2) is 0 Å². The SMILES string of the molecule is CC1=C2C[C@H]3[C@@H](CC=C4C[C@@H](O)CC[C@@]43C)[C@@H]2CC[C@@]2(C1)O[C@@H]1C[C@H](C)C[NH2+][C@H]1[C@H]2C. The summed E-state index contributed by atoms with van der Waals surface area (Å²) >= 11 is 0. The van der Waals surface area contributed by atoms with E-state index >= 15 is 0 Å². The van der Waals surface area contributed by atoms with Crippen molar-refractivity contribution in [3.8, 4) is 0 Å². The van der Waals surface area contributed by atoms with Gasteiger partial charge in [-0.05, 0) is 87.9 Å². The third-order valence-corrected chi connectivity index (χ3v) is 11.2. The van der Waals surface area contributed by atoms with E-state index in [-0.39, 0.29) is 11.7 Å². The van der Waals surface area contributed by atoms with E-state index in [0.29, 0.717) is 23.5 Å². The minimum Gasteiger partial charge on any atom is -0.393 e. The van der Waals surface area contributed by atoms with Gasteiger partial charge < -0.3 is 15.2 Å². The number of nitrogens with two attached hydrogens (primary N) is 1. The van der Waals surface area contributed by atoms with Gasteiger partial charge in [0.05, 0.1) is 18.2 Å². The van der Waals surface area contributed by atoms with Gasteiger partial charge in [-0.25, -0.2) is 0 Å². The zero-order valence-corrected chi connectivity index (χ0v) is 20.2. The lowest BCUT2D eigenvalue weighted by atomic mass is 9.56. The first-order valence-corrected chi connectivity index (χ1v) is 13.4. The molecule has 4 fully saturated rings. The molecule has 0 bridgehead atoms. The van der Waals surface area contributed by atoms with Crippen molar-refractivity contribution >= 4 is 0 Å². The molecule has 6 rings (SSSR count). The number of allylic oxidation sites excluding steroid dienone is 2. The van der Waals surface area contributed by atoms with E-state index in [2.05, 4.69) is 39.1 Å². The molecular weight excluding hydrogens is 382 g/mol. The van der Waals surface area contributed by atoms with E-state index in [9.17, 15) is 5.11 Å². The molecule has 172 valence electrons. The van der Waals surface area contributed by atoms with E-state index < -0.39 is 0 Å². The Morgan fingerprint density at radius 1 is 1.16 bits per heavy atom. The number of hydrogen-bond donors (Lipinski definition) is 2. The molecule has 2 saturated carbocycles. The highest BCUT2D eigenvalue weighted by molar-refractivity contribution is 5.33. The molecule has 2 aliphatic heterocycles. The van der Waals surface area contributed by atoms with Crippen molar-refractivity contribution in [3.05, 3.63) is 22.8 Å². The first-order valence-electron chi connectivity index (χ1n) is 13.4. The van der Waals surface area contributed by atoms with E-state index in [0.717, 1.165) is 36.5 Å². The smallest absolute Gasteiger partial charge is 0.118 e. The van der Waals surface area contributed by atoms with E-state index in [4.69, 9.17) is 4.74 Å². The van der Waals surface area contributed by atoms with Crippen molar-refractivity contribution in [1.29, 1.82) is 0 Å². The lowest BCUT2D eigenvalue weighted by molar-refractivity contribution is -0.710. The third-order valence-electron chi connectivity index (χ3n) is 11.2. The molecule has 2 saturated heterocycles. The molecule has 1 spiro atoms. The molecule has 10 atom stereocenters. The van der Waals surface area contributed by atoms with Crippen LogP contribution in [-0.4, -0.2) is 35.5 Å². The molecule has 0 unspecified atom stereocenters. The number of aliphatic hydroxyl groups is 1. The van der Waals surface area contributed by atoms with Crippen LogP contribution in [0.5, 0.6) is 0 Å². The molecule has 0 radical (unpaired) electrons. The zero-order chi connectivity index (χ0) is 21.5. The van der Waals surface area contributed by atoms with Crippen molar-refractivity contribution in [1.82, 2.24) is 0 Å². The Bertz CT molecular complexity index is 816.